The Morgan fingerprint density at radius 2 is 2.00 bits per heavy atom. The molecule has 1 amide bonds. The van der Waals surface area contributed by atoms with Crippen LogP contribution in [-0.2, 0) is 18.7 Å². The summed E-state index contributed by atoms with van der Waals surface area (Å²) in [5, 5.41) is 12.6. The first-order valence-electron chi connectivity index (χ1n) is 13.3. The quantitative estimate of drug-likeness (QED) is 0.454. The lowest BCUT2D eigenvalue weighted by atomic mass is 9.87. The molecule has 2 aromatic carbocycles. The van der Waals surface area contributed by atoms with Gasteiger partial charge in [-0.1, -0.05) is 18.2 Å². The van der Waals surface area contributed by atoms with Crippen molar-refractivity contribution in [2.75, 3.05) is 13.1 Å². The van der Waals surface area contributed by atoms with Crippen molar-refractivity contribution in [3.63, 3.8) is 0 Å². The van der Waals surface area contributed by atoms with E-state index in [0.29, 0.717) is 25.1 Å². The molecule has 4 heterocycles. The summed E-state index contributed by atoms with van der Waals surface area (Å²) in [7, 11) is 0. The van der Waals surface area contributed by atoms with Crippen LogP contribution in [0.15, 0.2) is 42.5 Å². The van der Waals surface area contributed by atoms with Gasteiger partial charge in [0.2, 0.25) is 0 Å². The highest BCUT2D eigenvalue weighted by Crippen LogP contribution is 2.42. The predicted molar refractivity (Wildman–Crippen MR) is 141 cm³/mol. The molecule has 7 rings (SSSR count). The minimum absolute atomic E-state index is 0.0205. The second kappa shape index (κ2) is 7.92. The highest BCUT2D eigenvalue weighted by Gasteiger charge is 2.35. The van der Waals surface area contributed by atoms with Gasteiger partial charge in [0.05, 0.1) is 22.3 Å². The van der Waals surface area contributed by atoms with Gasteiger partial charge in [-0.2, -0.15) is 0 Å². The van der Waals surface area contributed by atoms with Crippen LogP contribution >= 0.6 is 0 Å². The van der Waals surface area contributed by atoms with Gasteiger partial charge < -0.3 is 24.9 Å². The number of rotatable bonds is 4. The molecule has 7 nitrogen and oxygen atoms in total. The zero-order valence-electron chi connectivity index (χ0n) is 20.8. The van der Waals surface area contributed by atoms with E-state index in [4.69, 9.17) is 10.7 Å². The van der Waals surface area contributed by atoms with Gasteiger partial charge in [-0.25, -0.2) is 4.98 Å². The summed E-state index contributed by atoms with van der Waals surface area (Å²) in [6.45, 7) is 4.83. The molecular formula is C29H33N5O2. The Hall–Kier alpha value is -3.16. The highest BCUT2D eigenvalue weighted by molar-refractivity contribution is 5.99. The van der Waals surface area contributed by atoms with E-state index in [0.717, 1.165) is 60.0 Å². The van der Waals surface area contributed by atoms with Gasteiger partial charge in [0.15, 0.2) is 5.82 Å². The van der Waals surface area contributed by atoms with Crippen molar-refractivity contribution in [1.82, 2.24) is 19.0 Å². The van der Waals surface area contributed by atoms with Crippen molar-refractivity contribution in [3.8, 4) is 11.5 Å². The number of fused-ring (bicyclic) bond motifs is 1. The molecule has 0 spiro atoms. The smallest absolute Gasteiger partial charge is 0.253 e. The minimum atomic E-state index is -1.01. The minimum Gasteiger partial charge on any atom is -0.385 e. The molecule has 3 aliphatic rings. The Bertz CT molecular complexity index is 1510. The first-order valence-corrected chi connectivity index (χ1v) is 13.3. The fraction of sp³-hybridized carbons (Fsp3) is 0.448. The second-order valence-electron chi connectivity index (χ2n) is 11.3. The lowest BCUT2D eigenvalue weighted by molar-refractivity contribution is 0.0398. The number of imidazole rings is 1. The number of aromatic nitrogens is 3. The summed E-state index contributed by atoms with van der Waals surface area (Å²) in [5.41, 5.74) is 10.6. The number of piperidine rings is 1. The van der Waals surface area contributed by atoms with Gasteiger partial charge in [0.1, 0.15) is 0 Å². The number of nitrogens with zero attached hydrogens (tertiary/aromatic N) is 4. The Labute approximate surface area is 210 Å². The number of hydrogen-bond donors (Lipinski definition) is 2. The van der Waals surface area contributed by atoms with Crippen LogP contribution in [0.4, 0.5) is 0 Å². The molecule has 2 aromatic heterocycles. The monoisotopic (exact) mass is 483 g/mol. The molecule has 1 saturated heterocycles. The summed E-state index contributed by atoms with van der Waals surface area (Å²) in [5.74, 6) is 1.62. The largest absolute Gasteiger partial charge is 0.385 e. The molecule has 3 N–H and O–H groups in total. The van der Waals surface area contributed by atoms with Crippen molar-refractivity contribution in [1.29, 1.82) is 0 Å². The van der Waals surface area contributed by atoms with Crippen LogP contribution in [0.2, 0.25) is 0 Å². The van der Waals surface area contributed by atoms with Gasteiger partial charge >= 0.3 is 0 Å². The van der Waals surface area contributed by atoms with Crippen molar-refractivity contribution in [2.45, 2.75) is 63.8 Å². The number of benzene rings is 2. The molecule has 0 bridgehead atoms. The Morgan fingerprint density at radius 1 is 1.17 bits per heavy atom. The Morgan fingerprint density at radius 3 is 2.81 bits per heavy atom. The molecule has 186 valence electrons. The maximum atomic E-state index is 13.5. The maximum Gasteiger partial charge on any atom is 0.253 e. The van der Waals surface area contributed by atoms with Gasteiger partial charge in [0, 0.05) is 54.3 Å². The van der Waals surface area contributed by atoms with Gasteiger partial charge in [-0.3, -0.25) is 4.79 Å². The Kier molecular flexibility index (Phi) is 4.85. The number of hydrogen-bond acceptors (Lipinski definition) is 4. The number of likely N-dealkylation sites (tertiary alicyclic amines) is 1. The number of carbonyl (C=O) groups excluding carboxylic acids is 1. The average molecular weight is 484 g/mol. The standard InChI is InChI=1S/C29H33N5O2/c1-29(36)10-12-33-26-22(29)13-20(28(35)32-11-4-6-21(30)17-32)14-23(26)31-27(33)25-15-19-5-2-3-7-24(19)34(25)16-18-8-9-18/h2-3,5,7,13-15,18,21,36H,4,6,8-12,16-17,30H2,1H3. The van der Waals surface area contributed by atoms with E-state index in [1.807, 2.05) is 24.0 Å². The summed E-state index contributed by atoms with van der Waals surface area (Å²) < 4.78 is 4.68. The normalized spacial score (nSPS) is 24.1. The second-order valence-corrected chi connectivity index (χ2v) is 11.3. The van der Waals surface area contributed by atoms with E-state index in [2.05, 4.69) is 39.5 Å². The van der Waals surface area contributed by atoms with Crippen molar-refractivity contribution >= 4 is 27.8 Å². The van der Waals surface area contributed by atoms with Crippen LogP contribution in [0.5, 0.6) is 0 Å². The van der Waals surface area contributed by atoms with Crippen molar-refractivity contribution < 1.29 is 9.90 Å². The molecule has 1 saturated carbocycles. The zero-order chi connectivity index (χ0) is 24.6. The summed E-state index contributed by atoms with van der Waals surface area (Å²) >= 11 is 0. The molecule has 1 aliphatic carbocycles. The Balaban J connectivity index is 1.41. The van der Waals surface area contributed by atoms with Gasteiger partial charge in [-0.15, -0.1) is 0 Å². The molecule has 0 radical (unpaired) electrons. The first-order chi connectivity index (χ1) is 17.4. The highest BCUT2D eigenvalue weighted by atomic mass is 16.3. The SMILES string of the molecule is CC1(O)CCn2c(-c3cc4ccccc4n3CC3CC3)nc3cc(C(=O)N4CCCC(N)C4)cc1c32. The molecule has 4 aromatic rings. The van der Waals surface area contributed by atoms with Crippen molar-refractivity contribution in [2.24, 2.45) is 11.7 Å². The molecule has 7 heteroatoms. The fourth-order valence-electron chi connectivity index (χ4n) is 6.21. The van der Waals surface area contributed by atoms with Gasteiger partial charge in [0.25, 0.3) is 5.91 Å². The molecule has 2 fully saturated rings. The van der Waals surface area contributed by atoms with E-state index in [1.165, 1.54) is 23.7 Å². The number of carbonyl (C=O) groups is 1. The van der Waals surface area contributed by atoms with Crippen LogP contribution in [0.3, 0.4) is 0 Å². The summed E-state index contributed by atoms with van der Waals surface area (Å²) in [4.78, 5) is 20.5. The van der Waals surface area contributed by atoms with E-state index in [-0.39, 0.29) is 11.9 Å². The van der Waals surface area contributed by atoms with Crippen LogP contribution in [0.25, 0.3) is 33.5 Å². The number of para-hydroxylation sites is 1. The zero-order valence-corrected chi connectivity index (χ0v) is 20.8. The lowest BCUT2D eigenvalue weighted by Gasteiger charge is -2.33. The fourth-order valence-corrected chi connectivity index (χ4v) is 6.21. The van der Waals surface area contributed by atoms with Crippen molar-refractivity contribution in [3.05, 3.63) is 53.6 Å². The number of nitrogens with two attached hydrogens (primary N) is 1. The van der Waals surface area contributed by atoms with Crippen LogP contribution in [0.1, 0.15) is 54.9 Å². The third-order valence-corrected chi connectivity index (χ3v) is 8.41. The molecule has 2 aliphatic heterocycles. The topological polar surface area (TPSA) is 89.3 Å². The van der Waals surface area contributed by atoms with Crippen LogP contribution in [-0.4, -0.2) is 49.2 Å². The van der Waals surface area contributed by atoms with E-state index in [9.17, 15) is 9.90 Å². The number of aliphatic hydroxyl groups is 1. The summed E-state index contributed by atoms with van der Waals surface area (Å²) in [6, 6.07) is 14.6. The van der Waals surface area contributed by atoms with Crippen LogP contribution < -0.4 is 5.73 Å². The molecule has 2 atom stereocenters. The molecule has 2 unspecified atom stereocenters. The molecular weight excluding hydrogens is 450 g/mol. The summed E-state index contributed by atoms with van der Waals surface area (Å²) in [6.07, 6.45) is 5.00. The van der Waals surface area contributed by atoms with Gasteiger partial charge in [-0.05, 0) is 69.2 Å². The number of amides is 1. The maximum absolute atomic E-state index is 13.5. The van der Waals surface area contributed by atoms with E-state index in [1.54, 1.807) is 0 Å². The van der Waals surface area contributed by atoms with E-state index >= 15 is 0 Å². The first kappa shape index (κ1) is 22.1. The lowest BCUT2D eigenvalue weighted by Crippen LogP contribution is -2.45. The number of aryl methyl sites for hydroxylation is 1. The third kappa shape index (κ3) is 3.48. The predicted octanol–water partition coefficient (Wildman–Crippen LogP) is 4.24. The average Bonchev–Trinajstić information content (AvgIpc) is 3.51. The van der Waals surface area contributed by atoms with E-state index < -0.39 is 5.60 Å². The molecule has 36 heavy (non-hydrogen) atoms. The third-order valence-electron chi connectivity index (χ3n) is 8.41. The van der Waals surface area contributed by atoms with Crippen LogP contribution in [0, 0.1) is 5.92 Å².